The van der Waals surface area contributed by atoms with E-state index < -0.39 is 0 Å². The molecule has 2 heterocycles. The molecule has 0 radical (unpaired) electrons. The largest absolute Gasteiger partial charge is 0.497 e. The molecule has 1 aromatic rings. The van der Waals surface area contributed by atoms with Crippen molar-refractivity contribution < 1.29 is 23.9 Å². The zero-order valence-electron chi connectivity index (χ0n) is 19.6. The van der Waals surface area contributed by atoms with E-state index >= 15 is 0 Å². The van der Waals surface area contributed by atoms with Gasteiger partial charge in [-0.3, -0.25) is 14.4 Å². The number of hydrogen-bond acceptors (Lipinski definition) is 5. The number of amides is 3. The SMILES string of the molecule is COc1cc(OC)cc(C(=O)N2CCC(C(=O)N3CCCC(NC(=O)C(C)C)C3)CC2)c1. The summed E-state index contributed by atoms with van der Waals surface area (Å²) in [7, 11) is 3.11. The second-order valence-corrected chi connectivity index (χ2v) is 8.95. The van der Waals surface area contributed by atoms with Crippen LogP contribution >= 0.6 is 0 Å². The number of nitrogens with one attached hydrogen (secondary N) is 1. The Balaban J connectivity index is 1.55. The molecule has 32 heavy (non-hydrogen) atoms. The average molecular weight is 446 g/mol. The lowest BCUT2D eigenvalue weighted by atomic mass is 9.93. The van der Waals surface area contributed by atoms with Crippen molar-refractivity contribution in [2.45, 2.75) is 45.6 Å². The molecule has 0 aliphatic carbocycles. The van der Waals surface area contributed by atoms with Crippen molar-refractivity contribution in [3.05, 3.63) is 23.8 Å². The Hall–Kier alpha value is -2.77. The van der Waals surface area contributed by atoms with Crippen molar-refractivity contribution in [2.24, 2.45) is 11.8 Å². The Morgan fingerprint density at radius 2 is 1.56 bits per heavy atom. The lowest BCUT2D eigenvalue weighted by Gasteiger charge is -2.38. The van der Waals surface area contributed by atoms with E-state index in [9.17, 15) is 14.4 Å². The zero-order chi connectivity index (χ0) is 23.3. The first-order valence-electron chi connectivity index (χ1n) is 11.4. The van der Waals surface area contributed by atoms with Crippen molar-refractivity contribution in [1.82, 2.24) is 15.1 Å². The number of rotatable bonds is 6. The first-order chi connectivity index (χ1) is 15.3. The van der Waals surface area contributed by atoms with Crippen LogP contribution in [0.4, 0.5) is 0 Å². The fourth-order valence-electron chi connectivity index (χ4n) is 4.36. The third-order valence-corrected chi connectivity index (χ3v) is 6.33. The molecule has 2 aliphatic heterocycles. The van der Waals surface area contributed by atoms with Crippen LogP contribution in [0, 0.1) is 11.8 Å². The van der Waals surface area contributed by atoms with Crippen LogP contribution in [0.15, 0.2) is 18.2 Å². The molecule has 3 amide bonds. The van der Waals surface area contributed by atoms with E-state index in [1.807, 2.05) is 18.7 Å². The van der Waals surface area contributed by atoms with Gasteiger partial charge in [0.05, 0.1) is 14.2 Å². The molecule has 0 bridgehead atoms. The van der Waals surface area contributed by atoms with Crippen LogP contribution in [0.1, 0.15) is 49.9 Å². The van der Waals surface area contributed by atoms with Gasteiger partial charge in [-0.2, -0.15) is 0 Å². The molecule has 0 aromatic heterocycles. The number of piperidine rings is 2. The number of nitrogens with zero attached hydrogens (tertiary/aromatic N) is 2. The standard InChI is InChI=1S/C24H35N3O5/c1-16(2)22(28)25-19-6-5-9-27(15-19)23(29)17-7-10-26(11-8-17)24(30)18-12-20(31-3)14-21(13-18)32-4/h12-14,16-17,19H,5-11,15H2,1-4H3,(H,25,28). The van der Waals surface area contributed by atoms with Gasteiger partial charge in [-0.1, -0.05) is 13.8 Å². The number of methoxy groups -OCH3 is 2. The van der Waals surface area contributed by atoms with E-state index in [2.05, 4.69) is 5.32 Å². The Bertz CT molecular complexity index is 811. The predicted octanol–water partition coefficient (Wildman–Crippen LogP) is 2.32. The smallest absolute Gasteiger partial charge is 0.254 e. The number of carbonyl (C=O) groups excluding carboxylic acids is 3. The van der Waals surface area contributed by atoms with Gasteiger partial charge in [-0.15, -0.1) is 0 Å². The van der Waals surface area contributed by atoms with E-state index in [0.717, 1.165) is 19.4 Å². The highest BCUT2D eigenvalue weighted by atomic mass is 16.5. The van der Waals surface area contributed by atoms with Gasteiger partial charge >= 0.3 is 0 Å². The van der Waals surface area contributed by atoms with E-state index in [0.29, 0.717) is 49.5 Å². The molecule has 1 atom stereocenters. The molecule has 0 saturated carbocycles. The van der Waals surface area contributed by atoms with Gasteiger partial charge in [0.15, 0.2) is 0 Å². The highest BCUT2D eigenvalue weighted by molar-refractivity contribution is 5.95. The van der Waals surface area contributed by atoms with Crippen LogP contribution in [0.5, 0.6) is 11.5 Å². The summed E-state index contributed by atoms with van der Waals surface area (Å²) < 4.78 is 10.5. The van der Waals surface area contributed by atoms with Crippen LogP contribution in [0.3, 0.4) is 0 Å². The van der Waals surface area contributed by atoms with Gasteiger partial charge in [0.1, 0.15) is 11.5 Å². The molecular weight excluding hydrogens is 410 g/mol. The Morgan fingerprint density at radius 3 is 2.12 bits per heavy atom. The lowest BCUT2D eigenvalue weighted by Crippen LogP contribution is -2.52. The Kier molecular flexibility index (Phi) is 7.99. The van der Waals surface area contributed by atoms with Crippen molar-refractivity contribution in [3.63, 3.8) is 0 Å². The highest BCUT2D eigenvalue weighted by Crippen LogP contribution is 2.26. The molecule has 2 fully saturated rings. The molecule has 1 unspecified atom stereocenters. The maximum Gasteiger partial charge on any atom is 0.254 e. The van der Waals surface area contributed by atoms with Crippen LogP contribution in [0.2, 0.25) is 0 Å². The number of carbonyl (C=O) groups is 3. The van der Waals surface area contributed by atoms with E-state index in [1.54, 1.807) is 37.3 Å². The summed E-state index contributed by atoms with van der Waals surface area (Å²) in [6, 6.07) is 5.17. The number of likely N-dealkylation sites (tertiary alicyclic amines) is 2. The maximum atomic E-state index is 13.1. The fourth-order valence-corrected chi connectivity index (χ4v) is 4.36. The molecule has 2 aliphatic rings. The van der Waals surface area contributed by atoms with Gasteiger partial charge < -0.3 is 24.6 Å². The van der Waals surface area contributed by atoms with Crippen molar-refractivity contribution in [1.29, 1.82) is 0 Å². The summed E-state index contributed by atoms with van der Waals surface area (Å²) in [6.45, 7) is 6.12. The van der Waals surface area contributed by atoms with Crippen LogP contribution in [-0.2, 0) is 9.59 Å². The van der Waals surface area contributed by atoms with Gasteiger partial charge in [-0.25, -0.2) is 0 Å². The number of ether oxygens (including phenoxy) is 2. The highest BCUT2D eigenvalue weighted by Gasteiger charge is 2.33. The van der Waals surface area contributed by atoms with E-state index in [4.69, 9.17) is 9.47 Å². The maximum absolute atomic E-state index is 13.1. The number of hydrogen-bond donors (Lipinski definition) is 1. The van der Waals surface area contributed by atoms with Gasteiger partial charge in [-0.05, 0) is 37.8 Å². The molecule has 8 nitrogen and oxygen atoms in total. The Morgan fingerprint density at radius 1 is 0.938 bits per heavy atom. The second kappa shape index (κ2) is 10.7. The third-order valence-electron chi connectivity index (χ3n) is 6.33. The zero-order valence-corrected chi connectivity index (χ0v) is 19.6. The monoisotopic (exact) mass is 445 g/mol. The topological polar surface area (TPSA) is 88.2 Å². The normalized spacial score (nSPS) is 19.6. The Labute approximate surface area is 190 Å². The summed E-state index contributed by atoms with van der Waals surface area (Å²) in [6.07, 6.45) is 3.08. The van der Waals surface area contributed by atoms with Gasteiger partial charge in [0, 0.05) is 55.7 Å². The summed E-state index contributed by atoms with van der Waals surface area (Å²) in [5.41, 5.74) is 0.519. The quantitative estimate of drug-likeness (QED) is 0.726. The van der Waals surface area contributed by atoms with Crippen molar-refractivity contribution in [2.75, 3.05) is 40.4 Å². The minimum atomic E-state index is -0.0848. The molecule has 2 saturated heterocycles. The third kappa shape index (κ3) is 5.72. The van der Waals surface area contributed by atoms with Crippen molar-refractivity contribution >= 4 is 17.7 Å². The van der Waals surface area contributed by atoms with Gasteiger partial charge in [0.25, 0.3) is 5.91 Å². The van der Waals surface area contributed by atoms with Crippen molar-refractivity contribution in [3.8, 4) is 11.5 Å². The van der Waals surface area contributed by atoms with E-state index in [1.165, 1.54) is 0 Å². The molecule has 8 heteroatoms. The van der Waals surface area contributed by atoms with E-state index in [-0.39, 0.29) is 35.6 Å². The summed E-state index contributed by atoms with van der Waals surface area (Å²) >= 11 is 0. The fraction of sp³-hybridized carbons (Fsp3) is 0.625. The molecule has 3 rings (SSSR count). The van der Waals surface area contributed by atoms with Crippen LogP contribution in [-0.4, -0.2) is 74.0 Å². The first-order valence-corrected chi connectivity index (χ1v) is 11.4. The molecular formula is C24H35N3O5. The summed E-state index contributed by atoms with van der Waals surface area (Å²) in [5, 5.41) is 3.06. The molecule has 176 valence electrons. The lowest BCUT2D eigenvalue weighted by molar-refractivity contribution is -0.139. The molecule has 1 aromatic carbocycles. The number of benzene rings is 1. The minimum Gasteiger partial charge on any atom is -0.497 e. The average Bonchev–Trinajstić information content (AvgIpc) is 2.82. The molecule has 1 N–H and O–H groups in total. The predicted molar refractivity (Wildman–Crippen MR) is 121 cm³/mol. The van der Waals surface area contributed by atoms with Gasteiger partial charge in [0.2, 0.25) is 11.8 Å². The van der Waals surface area contributed by atoms with Crippen LogP contribution < -0.4 is 14.8 Å². The first kappa shape index (κ1) is 23.9. The second-order valence-electron chi connectivity index (χ2n) is 8.95. The molecule has 0 spiro atoms. The minimum absolute atomic E-state index is 0.0207. The van der Waals surface area contributed by atoms with Crippen LogP contribution in [0.25, 0.3) is 0 Å². The summed E-state index contributed by atoms with van der Waals surface area (Å²) in [4.78, 5) is 41.8. The summed E-state index contributed by atoms with van der Waals surface area (Å²) in [5.74, 6) is 1.09.